The van der Waals surface area contributed by atoms with E-state index in [1.807, 2.05) is 59.2 Å². The molecule has 1 N–H and O–H groups in total. The van der Waals surface area contributed by atoms with Crippen molar-refractivity contribution in [2.45, 2.75) is 25.4 Å². The Morgan fingerprint density at radius 2 is 1.57 bits per heavy atom. The zero-order valence-corrected chi connectivity index (χ0v) is 24.0. The number of hydrogen-bond donors (Lipinski definition) is 1. The minimum atomic E-state index is -0.0629. The van der Waals surface area contributed by atoms with Gasteiger partial charge in [-0.05, 0) is 48.7 Å². The minimum absolute atomic E-state index is 0.0629. The van der Waals surface area contributed by atoms with Crippen LogP contribution in [0.5, 0.6) is 5.75 Å². The molecule has 0 unspecified atom stereocenters. The van der Waals surface area contributed by atoms with Crippen molar-refractivity contribution in [3.05, 3.63) is 112 Å². The van der Waals surface area contributed by atoms with E-state index in [0.717, 1.165) is 82.8 Å². The Hall–Kier alpha value is -4.46. The number of nitrogens with zero attached hydrogens (tertiary/aromatic N) is 4. The largest absolute Gasteiger partial charge is 0.497 e. The average molecular weight is 576 g/mol. The van der Waals surface area contributed by atoms with Gasteiger partial charge >= 0.3 is 5.69 Å². The molecule has 8 heteroatoms. The third-order valence-electron chi connectivity index (χ3n) is 8.15. The maximum Gasteiger partial charge on any atom is 0.326 e. The molecule has 7 nitrogen and oxygen atoms in total. The molecule has 1 saturated heterocycles. The third-order valence-corrected chi connectivity index (χ3v) is 8.39. The molecule has 1 fully saturated rings. The first-order valence-corrected chi connectivity index (χ1v) is 14.6. The maximum atomic E-state index is 12.7. The highest BCUT2D eigenvalue weighted by molar-refractivity contribution is 6.31. The molecule has 3 heterocycles. The van der Waals surface area contributed by atoms with Crippen molar-refractivity contribution < 1.29 is 4.74 Å². The van der Waals surface area contributed by atoms with E-state index < -0.39 is 0 Å². The molecule has 6 aromatic rings. The summed E-state index contributed by atoms with van der Waals surface area (Å²) in [5.41, 5.74) is 8.28. The van der Waals surface area contributed by atoms with Crippen molar-refractivity contribution in [3.63, 3.8) is 0 Å². The molecule has 0 spiro atoms. The molecule has 0 bridgehead atoms. The van der Waals surface area contributed by atoms with Gasteiger partial charge in [-0.2, -0.15) is 0 Å². The summed E-state index contributed by atoms with van der Waals surface area (Å²) in [7, 11) is 1.66. The molecule has 1 aliphatic rings. The van der Waals surface area contributed by atoms with Crippen molar-refractivity contribution in [3.8, 4) is 28.3 Å². The van der Waals surface area contributed by atoms with Gasteiger partial charge < -0.3 is 9.72 Å². The van der Waals surface area contributed by atoms with Crippen LogP contribution >= 0.6 is 11.6 Å². The first-order chi connectivity index (χ1) is 20.6. The van der Waals surface area contributed by atoms with Gasteiger partial charge in [-0.1, -0.05) is 66.2 Å². The lowest BCUT2D eigenvalue weighted by atomic mass is 10.0. The predicted molar refractivity (Wildman–Crippen MR) is 168 cm³/mol. The van der Waals surface area contributed by atoms with Crippen LogP contribution in [-0.4, -0.2) is 44.6 Å². The lowest BCUT2D eigenvalue weighted by Crippen LogP contribution is -2.36. The first kappa shape index (κ1) is 26.4. The van der Waals surface area contributed by atoms with Crippen LogP contribution in [0.4, 0.5) is 0 Å². The Bertz CT molecular complexity index is 1940. The Balaban J connectivity index is 1.10. The van der Waals surface area contributed by atoms with E-state index in [2.05, 4.69) is 46.3 Å². The Morgan fingerprint density at radius 3 is 2.31 bits per heavy atom. The van der Waals surface area contributed by atoms with Crippen LogP contribution in [-0.2, 0) is 6.54 Å². The number of ether oxygens (including phenoxy) is 1. The Kier molecular flexibility index (Phi) is 6.98. The van der Waals surface area contributed by atoms with Gasteiger partial charge in [0.1, 0.15) is 5.75 Å². The summed E-state index contributed by atoms with van der Waals surface area (Å²) >= 11 is 6.13. The second kappa shape index (κ2) is 11.1. The lowest BCUT2D eigenvalue weighted by Gasteiger charge is -2.32. The molecule has 0 saturated carbocycles. The number of benzene rings is 4. The Morgan fingerprint density at radius 1 is 0.857 bits per heavy atom. The lowest BCUT2D eigenvalue weighted by molar-refractivity contribution is 0.180. The van der Waals surface area contributed by atoms with E-state index >= 15 is 0 Å². The van der Waals surface area contributed by atoms with Gasteiger partial charge in [0.25, 0.3) is 0 Å². The summed E-state index contributed by atoms with van der Waals surface area (Å²) < 4.78 is 7.32. The third kappa shape index (κ3) is 5.06. The highest BCUT2D eigenvalue weighted by Gasteiger charge is 2.24. The molecule has 0 atom stereocenters. The molecule has 4 aromatic carbocycles. The summed E-state index contributed by atoms with van der Waals surface area (Å²) in [6, 6.07) is 30.4. The van der Waals surface area contributed by atoms with Crippen molar-refractivity contribution in [2.24, 2.45) is 0 Å². The van der Waals surface area contributed by atoms with E-state index in [0.29, 0.717) is 5.02 Å². The number of methoxy groups -OCH3 is 1. The smallest absolute Gasteiger partial charge is 0.326 e. The maximum absolute atomic E-state index is 12.7. The number of nitrogens with one attached hydrogen (secondary N) is 1. The van der Waals surface area contributed by atoms with Crippen molar-refractivity contribution in [2.75, 3.05) is 20.2 Å². The zero-order chi connectivity index (χ0) is 28.6. The normalized spacial score (nSPS) is 14.5. The number of likely N-dealkylation sites (tertiary alicyclic amines) is 1. The highest BCUT2D eigenvalue weighted by Crippen LogP contribution is 2.33. The SMILES string of the molecule is COc1ccc2nc(-c3ccc(CN4CCC(n5c(=O)[nH]c6cc(Cl)ccc65)CC4)cc3)c(-c3ccccc3)nc2c1. The fourth-order valence-corrected chi connectivity index (χ4v) is 6.16. The van der Waals surface area contributed by atoms with Crippen molar-refractivity contribution in [1.29, 1.82) is 0 Å². The molecule has 7 rings (SSSR count). The molecule has 2 aromatic heterocycles. The van der Waals surface area contributed by atoms with Crippen LogP contribution in [0.1, 0.15) is 24.4 Å². The number of imidazole rings is 1. The van der Waals surface area contributed by atoms with Gasteiger partial charge in [0, 0.05) is 47.9 Å². The molecule has 1 aliphatic heterocycles. The Labute approximate surface area is 248 Å². The molecule has 210 valence electrons. The summed E-state index contributed by atoms with van der Waals surface area (Å²) in [6.07, 6.45) is 1.84. The number of hydrogen-bond acceptors (Lipinski definition) is 5. The van der Waals surface area contributed by atoms with Gasteiger partial charge in [-0.3, -0.25) is 9.47 Å². The van der Waals surface area contributed by atoms with Gasteiger partial charge in [0.05, 0.1) is 40.6 Å². The second-order valence-corrected chi connectivity index (χ2v) is 11.2. The molecular weight excluding hydrogens is 546 g/mol. The summed E-state index contributed by atoms with van der Waals surface area (Å²) in [6.45, 7) is 2.72. The van der Waals surface area contributed by atoms with Gasteiger partial charge in [-0.25, -0.2) is 14.8 Å². The molecule has 0 aliphatic carbocycles. The van der Waals surface area contributed by atoms with Crippen LogP contribution in [0.25, 0.3) is 44.6 Å². The molecule has 0 radical (unpaired) electrons. The number of halogens is 1. The number of aromatic amines is 1. The number of fused-ring (bicyclic) bond motifs is 2. The van der Waals surface area contributed by atoms with Crippen LogP contribution in [0.3, 0.4) is 0 Å². The molecule has 42 heavy (non-hydrogen) atoms. The number of H-pyrrole nitrogens is 1. The number of piperidine rings is 1. The predicted octanol–water partition coefficient (Wildman–Crippen LogP) is 7.11. The van der Waals surface area contributed by atoms with Gasteiger partial charge in [0.15, 0.2) is 0 Å². The quantitative estimate of drug-likeness (QED) is 0.229. The summed E-state index contributed by atoms with van der Waals surface area (Å²) in [4.78, 5) is 28.2. The number of rotatable bonds is 6. The molecular formula is C34H30ClN5O2. The fourth-order valence-electron chi connectivity index (χ4n) is 5.99. The van der Waals surface area contributed by atoms with Crippen LogP contribution < -0.4 is 10.4 Å². The van der Waals surface area contributed by atoms with Crippen LogP contribution in [0, 0.1) is 0 Å². The van der Waals surface area contributed by atoms with E-state index in [4.69, 9.17) is 26.3 Å². The first-order valence-electron chi connectivity index (χ1n) is 14.2. The highest BCUT2D eigenvalue weighted by atomic mass is 35.5. The topological polar surface area (TPSA) is 76.0 Å². The average Bonchev–Trinajstić information content (AvgIpc) is 3.36. The summed E-state index contributed by atoms with van der Waals surface area (Å²) in [5.74, 6) is 0.760. The van der Waals surface area contributed by atoms with Gasteiger partial charge in [-0.15, -0.1) is 0 Å². The minimum Gasteiger partial charge on any atom is -0.497 e. The molecule has 0 amide bonds. The zero-order valence-electron chi connectivity index (χ0n) is 23.3. The van der Waals surface area contributed by atoms with Crippen LogP contribution in [0.15, 0.2) is 95.8 Å². The number of aromatic nitrogens is 4. The standard InChI is InChI=1S/C34H30ClN5O2/c1-42-27-12-13-28-29(20-27)37-32(23-5-3-2-4-6-23)33(36-28)24-9-7-22(8-10-24)21-39-17-15-26(16-18-39)40-31-14-11-25(35)19-30(31)38-34(40)41/h2-14,19-20,26H,15-18,21H2,1H3,(H,38,41). The fraction of sp³-hybridized carbons (Fsp3) is 0.206. The van der Waals surface area contributed by atoms with Gasteiger partial charge in [0.2, 0.25) is 0 Å². The van der Waals surface area contributed by atoms with Crippen molar-refractivity contribution >= 4 is 33.7 Å². The van der Waals surface area contributed by atoms with E-state index in [1.165, 1.54) is 5.56 Å². The monoisotopic (exact) mass is 575 g/mol. The van der Waals surface area contributed by atoms with Crippen molar-refractivity contribution in [1.82, 2.24) is 24.4 Å². The second-order valence-electron chi connectivity index (χ2n) is 10.8. The van der Waals surface area contributed by atoms with Crippen LogP contribution in [0.2, 0.25) is 5.02 Å². The summed E-state index contributed by atoms with van der Waals surface area (Å²) in [5, 5.41) is 0.626. The van der Waals surface area contributed by atoms with E-state index in [1.54, 1.807) is 7.11 Å². The van der Waals surface area contributed by atoms with E-state index in [9.17, 15) is 4.79 Å². The van der Waals surface area contributed by atoms with E-state index in [-0.39, 0.29) is 11.7 Å².